The van der Waals surface area contributed by atoms with E-state index >= 15 is 0 Å². The number of amides is 1. The molecule has 0 saturated carbocycles. The molecule has 0 aliphatic rings. The van der Waals surface area contributed by atoms with E-state index in [1.165, 1.54) is 116 Å². The molecule has 0 aromatic heterocycles. The summed E-state index contributed by atoms with van der Waals surface area (Å²) >= 11 is 0. The summed E-state index contributed by atoms with van der Waals surface area (Å²) in [6.07, 6.45) is 35.0. The first-order valence-corrected chi connectivity index (χ1v) is 18.7. The summed E-state index contributed by atoms with van der Waals surface area (Å²) in [5, 5.41) is 11.0. The van der Waals surface area contributed by atoms with E-state index in [0.29, 0.717) is 12.8 Å². The first-order valence-electron chi connectivity index (χ1n) is 18.7. The van der Waals surface area contributed by atoms with E-state index in [4.69, 9.17) is 9.84 Å². The van der Waals surface area contributed by atoms with Gasteiger partial charge in [-0.05, 0) is 38.5 Å². The molecule has 6 heteroatoms. The smallest absolute Gasteiger partial charge is 0.322 e. The number of nitrogens with one attached hydrogen (secondary N) is 1. The van der Waals surface area contributed by atoms with Crippen molar-refractivity contribution in [2.24, 2.45) is 0 Å². The van der Waals surface area contributed by atoms with Gasteiger partial charge < -0.3 is 15.2 Å². The van der Waals surface area contributed by atoms with Gasteiger partial charge in [0.25, 0.3) is 0 Å². The standard InChI is InChI=1S/C37H71NO5/c1-3-5-7-9-11-13-14-15-16-17-18-21-25-29-34(43-37(42)32-28-24-19-12-10-8-6-4-2)30-26-22-20-23-27-31-35(39)38-33-36(40)41/h34H,3-33H2,1-2H3,(H,38,39)(H,40,41). The first-order chi connectivity index (χ1) is 21.0. The molecule has 0 heterocycles. The molecule has 43 heavy (non-hydrogen) atoms. The van der Waals surface area contributed by atoms with E-state index in [2.05, 4.69) is 19.2 Å². The van der Waals surface area contributed by atoms with Gasteiger partial charge in [0.05, 0.1) is 0 Å². The SMILES string of the molecule is CCCCCCCCCCCCCCCC(CCCCCCCC(=O)NCC(=O)O)OC(=O)CCCCCCCCCC. The van der Waals surface area contributed by atoms with E-state index in [0.717, 1.165) is 64.2 Å². The number of esters is 1. The third-order valence-corrected chi connectivity index (χ3v) is 8.53. The van der Waals surface area contributed by atoms with E-state index in [-0.39, 0.29) is 24.5 Å². The highest BCUT2D eigenvalue weighted by Crippen LogP contribution is 2.19. The van der Waals surface area contributed by atoms with Crippen molar-refractivity contribution < 1.29 is 24.2 Å². The van der Waals surface area contributed by atoms with Crippen LogP contribution in [0.2, 0.25) is 0 Å². The minimum atomic E-state index is -1.01. The van der Waals surface area contributed by atoms with Crippen molar-refractivity contribution >= 4 is 17.8 Å². The number of carboxylic acid groups (broad SMARTS) is 1. The number of ether oxygens (including phenoxy) is 1. The lowest BCUT2D eigenvalue weighted by Gasteiger charge is -2.18. The van der Waals surface area contributed by atoms with Gasteiger partial charge in [-0.2, -0.15) is 0 Å². The van der Waals surface area contributed by atoms with Crippen molar-refractivity contribution in [3.8, 4) is 0 Å². The zero-order valence-electron chi connectivity index (χ0n) is 28.6. The third kappa shape index (κ3) is 33.1. The topological polar surface area (TPSA) is 92.7 Å². The molecule has 0 aliphatic carbocycles. The van der Waals surface area contributed by atoms with Crippen LogP contribution in [0, 0.1) is 0 Å². The molecule has 6 nitrogen and oxygen atoms in total. The molecule has 0 radical (unpaired) electrons. The normalized spacial score (nSPS) is 11.9. The van der Waals surface area contributed by atoms with E-state index in [1.807, 2.05) is 0 Å². The van der Waals surface area contributed by atoms with Gasteiger partial charge in [0.1, 0.15) is 12.6 Å². The van der Waals surface area contributed by atoms with E-state index in [1.54, 1.807) is 0 Å². The van der Waals surface area contributed by atoms with E-state index < -0.39 is 5.97 Å². The summed E-state index contributed by atoms with van der Waals surface area (Å²) in [5.74, 6) is -1.22. The molecule has 1 amide bonds. The summed E-state index contributed by atoms with van der Waals surface area (Å²) in [7, 11) is 0. The van der Waals surface area contributed by atoms with Gasteiger partial charge in [0.15, 0.2) is 0 Å². The average molecular weight is 610 g/mol. The maximum atomic E-state index is 12.6. The van der Waals surface area contributed by atoms with Crippen LogP contribution in [-0.2, 0) is 19.1 Å². The molecule has 0 rings (SSSR count). The van der Waals surface area contributed by atoms with Crippen molar-refractivity contribution in [2.45, 2.75) is 213 Å². The summed E-state index contributed by atoms with van der Waals surface area (Å²) in [5.41, 5.74) is 0. The van der Waals surface area contributed by atoms with Crippen LogP contribution in [0.1, 0.15) is 206 Å². The first kappa shape index (κ1) is 41.4. The van der Waals surface area contributed by atoms with Crippen molar-refractivity contribution in [3.05, 3.63) is 0 Å². The molecular weight excluding hydrogens is 538 g/mol. The molecule has 0 spiro atoms. The second kappa shape index (κ2) is 33.3. The Morgan fingerprint density at radius 1 is 0.512 bits per heavy atom. The number of carbonyl (C=O) groups is 3. The number of carbonyl (C=O) groups excluding carboxylic acids is 2. The predicted octanol–water partition coefficient (Wildman–Crippen LogP) is 10.8. The van der Waals surface area contributed by atoms with Crippen molar-refractivity contribution in [1.82, 2.24) is 5.32 Å². The van der Waals surface area contributed by atoms with Crippen LogP contribution >= 0.6 is 0 Å². The number of hydrogen-bond donors (Lipinski definition) is 2. The molecule has 0 aliphatic heterocycles. The van der Waals surface area contributed by atoms with Crippen molar-refractivity contribution in [1.29, 1.82) is 0 Å². The van der Waals surface area contributed by atoms with Crippen LogP contribution in [0.4, 0.5) is 0 Å². The van der Waals surface area contributed by atoms with Crippen LogP contribution in [0.15, 0.2) is 0 Å². The predicted molar refractivity (Wildman–Crippen MR) is 180 cm³/mol. The molecular formula is C37H71NO5. The highest BCUT2D eigenvalue weighted by molar-refractivity contribution is 5.80. The number of unbranched alkanes of at least 4 members (excludes halogenated alkanes) is 23. The highest BCUT2D eigenvalue weighted by Gasteiger charge is 2.14. The molecule has 1 atom stereocenters. The van der Waals surface area contributed by atoms with Gasteiger partial charge in [-0.1, -0.05) is 155 Å². The largest absolute Gasteiger partial charge is 0.480 e. The second-order valence-electron chi connectivity index (χ2n) is 12.8. The van der Waals surface area contributed by atoms with Crippen LogP contribution in [0.3, 0.4) is 0 Å². The minimum absolute atomic E-state index is 0.0157. The Morgan fingerprint density at radius 2 is 0.860 bits per heavy atom. The lowest BCUT2D eigenvalue weighted by Crippen LogP contribution is -2.28. The maximum absolute atomic E-state index is 12.6. The van der Waals surface area contributed by atoms with Crippen molar-refractivity contribution in [2.75, 3.05) is 6.54 Å². The maximum Gasteiger partial charge on any atom is 0.322 e. The quantitative estimate of drug-likeness (QED) is 0.0559. The number of carboxylic acids is 1. The van der Waals surface area contributed by atoms with Crippen LogP contribution in [0.25, 0.3) is 0 Å². The molecule has 0 aromatic rings. The lowest BCUT2D eigenvalue weighted by atomic mass is 10.0. The fourth-order valence-corrected chi connectivity index (χ4v) is 5.75. The number of rotatable bonds is 34. The second-order valence-corrected chi connectivity index (χ2v) is 12.8. The summed E-state index contributed by atoms with van der Waals surface area (Å²) in [6, 6.07) is 0. The van der Waals surface area contributed by atoms with Crippen LogP contribution in [-0.4, -0.2) is 35.6 Å². The fraction of sp³-hybridized carbons (Fsp3) is 0.919. The molecule has 0 bridgehead atoms. The number of aliphatic carboxylic acids is 1. The van der Waals surface area contributed by atoms with Gasteiger partial charge in [-0.3, -0.25) is 14.4 Å². The molecule has 0 aromatic carbocycles. The summed E-state index contributed by atoms with van der Waals surface area (Å²) in [4.78, 5) is 34.8. The van der Waals surface area contributed by atoms with Gasteiger partial charge in [0.2, 0.25) is 5.91 Å². The molecule has 0 saturated heterocycles. The Labute approximate surface area is 266 Å². The number of hydrogen-bond acceptors (Lipinski definition) is 4. The Morgan fingerprint density at radius 3 is 1.26 bits per heavy atom. The Kier molecular flexibility index (Phi) is 32.1. The molecule has 0 fully saturated rings. The van der Waals surface area contributed by atoms with E-state index in [9.17, 15) is 14.4 Å². The monoisotopic (exact) mass is 610 g/mol. The minimum Gasteiger partial charge on any atom is -0.480 e. The lowest BCUT2D eigenvalue weighted by molar-refractivity contribution is -0.150. The fourth-order valence-electron chi connectivity index (χ4n) is 5.75. The van der Waals surface area contributed by atoms with Crippen LogP contribution in [0.5, 0.6) is 0 Å². The van der Waals surface area contributed by atoms with Gasteiger partial charge >= 0.3 is 11.9 Å². The molecule has 254 valence electrons. The third-order valence-electron chi connectivity index (χ3n) is 8.53. The van der Waals surface area contributed by atoms with Gasteiger partial charge in [-0.25, -0.2) is 0 Å². The average Bonchev–Trinajstić information content (AvgIpc) is 2.99. The highest BCUT2D eigenvalue weighted by atomic mass is 16.5. The molecule has 1 unspecified atom stereocenters. The summed E-state index contributed by atoms with van der Waals surface area (Å²) < 4.78 is 5.98. The van der Waals surface area contributed by atoms with Crippen molar-refractivity contribution in [3.63, 3.8) is 0 Å². The molecule has 2 N–H and O–H groups in total. The Balaban J connectivity index is 4.13. The Hall–Kier alpha value is -1.59. The van der Waals surface area contributed by atoms with Crippen LogP contribution < -0.4 is 5.32 Å². The van der Waals surface area contributed by atoms with Gasteiger partial charge in [0, 0.05) is 12.8 Å². The zero-order chi connectivity index (χ0) is 31.6. The summed E-state index contributed by atoms with van der Waals surface area (Å²) in [6.45, 7) is 4.21. The zero-order valence-corrected chi connectivity index (χ0v) is 28.6. The van der Waals surface area contributed by atoms with Gasteiger partial charge in [-0.15, -0.1) is 0 Å². The Bertz CT molecular complexity index is 638.